The van der Waals surface area contributed by atoms with E-state index in [4.69, 9.17) is 11.6 Å². The molecule has 0 aliphatic carbocycles. The molecular weight excluding hydrogens is 236 g/mol. The molecular formula is C9H13ClN2O2S. The van der Waals surface area contributed by atoms with E-state index in [2.05, 4.69) is 9.84 Å². The third-order valence-corrected chi connectivity index (χ3v) is 3.37. The van der Waals surface area contributed by atoms with Crippen LogP contribution in [-0.4, -0.2) is 28.6 Å². The molecule has 0 aliphatic rings. The second-order valence-electron chi connectivity index (χ2n) is 3.05. The quantitative estimate of drug-likeness (QED) is 0.762. The van der Waals surface area contributed by atoms with Gasteiger partial charge in [0.15, 0.2) is 0 Å². The number of rotatable bonds is 4. The number of thioether (sulfide) groups is 1. The Balaban J connectivity index is 2.54. The number of hydrogen-bond donors (Lipinski definition) is 0. The smallest absolute Gasteiger partial charge is 0.315 e. The maximum absolute atomic E-state index is 10.9. The van der Waals surface area contributed by atoms with Gasteiger partial charge < -0.3 is 4.74 Å². The van der Waals surface area contributed by atoms with Gasteiger partial charge in [-0.2, -0.15) is 5.10 Å². The molecule has 0 bridgehead atoms. The van der Waals surface area contributed by atoms with Gasteiger partial charge in [-0.3, -0.25) is 9.48 Å². The molecule has 0 spiro atoms. The molecule has 6 heteroatoms. The van der Waals surface area contributed by atoms with E-state index in [0.29, 0.717) is 16.7 Å². The predicted molar refractivity (Wildman–Crippen MR) is 61.1 cm³/mol. The molecule has 0 aliphatic heterocycles. The molecule has 0 saturated carbocycles. The van der Waals surface area contributed by atoms with Crippen LogP contribution in [0, 0.1) is 6.92 Å². The fraction of sp³-hybridized carbons (Fsp3) is 0.556. The topological polar surface area (TPSA) is 44.1 Å². The minimum atomic E-state index is -0.224. The average Bonchev–Trinajstić information content (AvgIpc) is 2.44. The molecule has 1 heterocycles. The van der Waals surface area contributed by atoms with Crippen LogP contribution in [0.1, 0.15) is 11.3 Å². The Kier molecular flexibility index (Phi) is 4.47. The molecule has 0 aromatic carbocycles. The van der Waals surface area contributed by atoms with Crippen molar-refractivity contribution < 1.29 is 9.53 Å². The van der Waals surface area contributed by atoms with Gasteiger partial charge in [-0.05, 0) is 6.92 Å². The summed E-state index contributed by atoms with van der Waals surface area (Å²) in [5.74, 6) is 0.784. The van der Waals surface area contributed by atoms with E-state index in [9.17, 15) is 4.79 Å². The molecule has 0 saturated heterocycles. The standard InChI is InChI=1S/C9H13ClN2O2S/c1-6-7(9(10)12(2)11-6)4-15-5-8(13)14-3/h4-5H2,1-3H3. The fourth-order valence-corrected chi connectivity index (χ4v) is 2.39. The van der Waals surface area contributed by atoms with Crippen LogP contribution in [0.4, 0.5) is 0 Å². The van der Waals surface area contributed by atoms with Gasteiger partial charge in [0, 0.05) is 18.4 Å². The lowest BCUT2D eigenvalue weighted by Gasteiger charge is -2.00. The Morgan fingerprint density at radius 1 is 1.67 bits per heavy atom. The van der Waals surface area contributed by atoms with E-state index in [1.807, 2.05) is 6.92 Å². The minimum absolute atomic E-state index is 0.224. The zero-order chi connectivity index (χ0) is 11.4. The maximum atomic E-state index is 10.9. The Bertz CT molecular complexity index is 365. The zero-order valence-electron chi connectivity index (χ0n) is 8.91. The van der Waals surface area contributed by atoms with Gasteiger partial charge in [-0.25, -0.2) is 0 Å². The van der Waals surface area contributed by atoms with Crippen molar-refractivity contribution in [3.63, 3.8) is 0 Å². The molecule has 0 radical (unpaired) electrons. The number of hydrogen-bond acceptors (Lipinski definition) is 4. The number of esters is 1. The molecule has 0 atom stereocenters. The van der Waals surface area contributed by atoms with Crippen LogP contribution >= 0.6 is 23.4 Å². The van der Waals surface area contributed by atoms with Crippen LogP contribution in [0.5, 0.6) is 0 Å². The van der Waals surface area contributed by atoms with E-state index in [1.165, 1.54) is 18.9 Å². The fourth-order valence-electron chi connectivity index (χ4n) is 1.13. The molecule has 84 valence electrons. The monoisotopic (exact) mass is 248 g/mol. The Labute approximate surface area is 97.9 Å². The lowest BCUT2D eigenvalue weighted by Crippen LogP contribution is -2.03. The Morgan fingerprint density at radius 2 is 2.33 bits per heavy atom. The van der Waals surface area contributed by atoms with E-state index in [-0.39, 0.29) is 5.97 Å². The summed E-state index contributed by atoms with van der Waals surface area (Å²) in [5, 5.41) is 4.81. The van der Waals surface area contributed by atoms with E-state index in [1.54, 1.807) is 11.7 Å². The second-order valence-corrected chi connectivity index (χ2v) is 4.39. The first-order valence-corrected chi connectivity index (χ1v) is 5.92. The highest BCUT2D eigenvalue weighted by molar-refractivity contribution is 7.99. The second kappa shape index (κ2) is 5.42. The van der Waals surface area contributed by atoms with Gasteiger partial charge in [0.2, 0.25) is 0 Å². The summed E-state index contributed by atoms with van der Waals surface area (Å²) in [6.07, 6.45) is 0. The van der Waals surface area contributed by atoms with Gasteiger partial charge in [0.05, 0.1) is 18.6 Å². The van der Waals surface area contributed by atoms with E-state index >= 15 is 0 Å². The van der Waals surface area contributed by atoms with Crippen molar-refractivity contribution >= 4 is 29.3 Å². The van der Waals surface area contributed by atoms with Crippen molar-refractivity contribution in [3.8, 4) is 0 Å². The van der Waals surface area contributed by atoms with Gasteiger partial charge >= 0.3 is 5.97 Å². The number of nitrogens with zero attached hydrogens (tertiary/aromatic N) is 2. The molecule has 0 unspecified atom stereocenters. The molecule has 0 N–H and O–H groups in total. The molecule has 4 nitrogen and oxygen atoms in total. The molecule has 1 rings (SSSR count). The van der Waals surface area contributed by atoms with Crippen molar-refractivity contribution in [1.29, 1.82) is 0 Å². The van der Waals surface area contributed by atoms with Crippen molar-refractivity contribution in [2.45, 2.75) is 12.7 Å². The predicted octanol–water partition coefficient (Wildman–Crippen LogP) is 1.79. The first-order chi connectivity index (χ1) is 7.06. The first kappa shape index (κ1) is 12.4. The number of carbonyl (C=O) groups excluding carboxylic acids is 1. The Morgan fingerprint density at radius 3 is 2.80 bits per heavy atom. The van der Waals surface area contributed by atoms with Crippen LogP contribution in [0.25, 0.3) is 0 Å². The van der Waals surface area contributed by atoms with Crippen LogP contribution < -0.4 is 0 Å². The largest absolute Gasteiger partial charge is 0.468 e. The average molecular weight is 249 g/mol. The highest BCUT2D eigenvalue weighted by atomic mass is 35.5. The van der Waals surface area contributed by atoms with Gasteiger partial charge in [0.25, 0.3) is 0 Å². The highest BCUT2D eigenvalue weighted by Crippen LogP contribution is 2.23. The number of aryl methyl sites for hydroxylation is 2. The SMILES string of the molecule is COC(=O)CSCc1c(C)nn(C)c1Cl. The molecule has 1 aromatic rings. The number of aromatic nitrogens is 2. The summed E-state index contributed by atoms with van der Waals surface area (Å²) in [6, 6.07) is 0. The maximum Gasteiger partial charge on any atom is 0.315 e. The summed E-state index contributed by atoms with van der Waals surface area (Å²) in [5.41, 5.74) is 1.88. The lowest BCUT2D eigenvalue weighted by atomic mass is 10.3. The number of carbonyl (C=O) groups is 1. The van der Waals surface area contributed by atoms with Crippen molar-refractivity contribution in [1.82, 2.24) is 9.78 Å². The summed E-state index contributed by atoms with van der Waals surface area (Å²) in [6.45, 7) is 1.90. The number of halogens is 1. The van der Waals surface area contributed by atoms with E-state index in [0.717, 1.165) is 11.3 Å². The van der Waals surface area contributed by atoms with Crippen LogP contribution in [0.15, 0.2) is 0 Å². The van der Waals surface area contributed by atoms with Gasteiger partial charge in [-0.15, -0.1) is 11.8 Å². The van der Waals surface area contributed by atoms with Crippen LogP contribution in [-0.2, 0) is 22.3 Å². The van der Waals surface area contributed by atoms with Crippen molar-refractivity contribution in [3.05, 3.63) is 16.4 Å². The third-order valence-electron chi connectivity index (χ3n) is 1.96. The van der Waals surface area contributed by atoms with E-state index < -0.39 is 0 Å². The summed E-state index contributed by atoms with van der Waals surface area (Å²) < 4.78 is 6.17. The van der Waals surface area contributed by atoms with Gasteiger partial charge in [-0.1, -0.05) is 11.6 Å². The van der Waals surface area contributed by atoms with Gasteiger partial charge in [0.1, 0.15) is 5.15 Å². The Hall–Kier alpha value is -0.680. The zero-order valence-corrected chi connectivity index (χ0v) is 10.5. The number of ether oxygens (including phenoxy) is 1. The minimum Gasteiger partial charge on any atom is -0.468 e. The van der Waals surface area contributed by atoms with Crippen LogP contribution in [0.3, 0.4) is 0 Å². The molecule has 15 heavy (non-hydrogen) atoms. The lowest BCUT2D eigenvalue weighted by molar-refractivity contribution is -0.137. The first-order valence-electron chi connectivity index (χ1n) is 4.38. The molecule has 0 amide bonds. The third kappa shape index (κ3) is 3.14. The normalized spacial score (nSPS) is 10.4. The van der Waals surface area contributed by atoms with Crippen molar-refractivity contribution in [2.75, 3.05) is 12.9 Å². The molecule has 1 aromatic heterocycles. The number of methoxy groups -OCH3 is 1. The molecule has 0 fully saturated rings. The highest BCUT2D eigenvalue weighted by Gasteiger charge is 2.11. The summed E-state index contributed by atoms with van der Waals surface area (Å²) in [4.78, 5) is 10.9. The summed E-state index contributed by atoms with van der Waals surface area (Å²) >= 11 is 7.50. The summed E-state index contributed by atoms with van der Waals surface area (Å²) in [7, 11) is 3.18. The van der Waals surface area contributed by atoms with Crippen molar-refractivity contribution in [2.24, 2.45) is 7.05 Å². The van der Waals surface area contributed by atoms with Crippen LogP contribution in [0.2, 0.25) is 5.15 Å².